The number of likely N-dealkylation sites (N-methyl/N-ethyl adjacent to an activating group) is 1. The average molecular weight is 988 g/mol. The number of aliphatic hydroxyl groups excluding tert-OH is 1. The molecule has 68 heavy (non-hydrogen) atoms. The van der Waals surface area contributed by atoms with Crippen LogP contribution in [0.3, 0.4) is 0 Å². The number of thiol groups is 1. The summed E-state index contributed by atoms with van der Waals surface area (Å²) in [6, 6.07) is 2.42. The number of nitrogens with zero attached hydrogens (tertiary/aromatic N) is 2. The van der Waals surface area contributed by atoms with Crippen LogP contribution in [0.4, 0.5) is 13.2 Å². The Hall–Kier alpha value is -4.23. The summed E-state index contributed by atoms with van der Waals surface area (Å²) in [6.07, 6.45) is 7.25. The van der Waals surface area contributed by atoms with Gasteiger partial charge in [-0.1, -0.05) is 129 Å². The lowest BCUT2D eigenvalue weighted by Gasteiger charge is -2.35. The van der Waals surface area contributed by atoms with Crippen LogP contribution in [0.5, 0.6) is 0 Å². The number of hydrazine groups is 1. The molecule has 0 radical (unpaired) electrons. The van der Waals surface area contributed by atoms with Gasteiger partial charge in [-0.15, -0.1) is 0 Å². The van der Waals surface area contributed by atoms with E-state index in [-0.39, 0.29) is 25.3 Å². The first kappa shape index (κ1) is 63.8. The minimum absolute atomic E-state index is 0.0410. The third kappa shape index (κ3) is 25.4. The summed E-state index contributed by atoms with van der Waals surface area (Å²) >= 11 is 4.00. The lowest BCUT2D eigenvalue weighted by molar-refractivity contribution is -0.148. The zero-order valence-electron chi connectivity index (χ0n) is 41.9. The molecular formula is C49H84F3N7O8S. The van der Waals surface area contributed by atoms with Crippen molar-refractivity contribution in [3.63, 3.8) is 0 Å². The van der Waals surface area contributed by atoms with Gasteiger partial charge in [-0.3, -0.25) is 38.6 Å². The minimum Gasteiger partial charge on any atom is -0.393 e. The highest BCUT2D eigenvalue weighted by Gasteiger charge is 2.46. The molecule has 2 saturated carbocycles. The molecule has 3 aliphatic rings. The maximum Gasteiger partial charge on any atom is 0.389 e. The third-order valence-electron chi connectivity index (χ3n) is 11.2. The molecule has 1 aliphatic heterocycles. The Bertz CT molecular complexity index is 1620. The number of halogens is 3. The van der Waals surface area contributed by atoms with Gasteiger partial charge in [0.1, 0.15) is 18.1 Å². The highest BCUT2D eigenvalue weighted by atomic mass is 32.1. The number of amides is 6. The predicted octanol–water partition coefficient (Wildman–Crippen LogP) is 6.87. The molecule has 1 aromatic rings. The number of alkyl halides is 3. The Labute approximate surface area is 409 Å². The second-order valence-electron chi connectivity index (χ2n) is 17.4. The van der Waals surface area contributed by atoms with Crippen LogP contribution in [-0.4, -0.2) is 113 Å². The van der Waals surface area contributed by atoms with Crippen LogP contribution in [0.25, 0.3) is 0 Å². The van der Waals surface area contributed by atoms with Gasteiger partial charge in [0.2, 0.25) is 29.4 Å². The smallest absolute Gasteiger partial charge is 0.389 e. The number of carbonyl (C=O) groups excluding carboxylic acids is 7. The van der Waals surface area contributed by atoms with E-state index in [0.717, 1.165) is 30.0 Å². The summed E-state index contributed by atoms with van der Waals surface area (Å²) in [7, 11) is 1.26. The number of hydrogen-bond donors (Lipinski definition) is 7. The number of benzene rings is 1. The van der Waals surface area contributed by atoms with E-state index < -0.39 is 103 Å². The van der Waals surface area contributed by atoms with Gasteiger partial charge in [-0.05, 0) is 68.6 Å². The highest BCUT2D eigenvalue weighted by molar-refractivity contribution is 7.80. The van der Waals surface area contributed by atoms with E-state index in [1.165, 1.54) is 77.2 Å². The molecule has 6 amide bonds. The zero-order chi connectivity index (χ0) is 51.8. The van der Waals surface area contributed by atoms with E-state index in [0.29, 0.717) is 18.4 Å². The molecule has 3 fully saturated rings. The molecular weight excluding hydrogens is 904 g/mol. The Morgan fingerprint density at radius 1 is 0.882 bits per heavy atom. The van der Waals surface area contributed by atoms with Crippen LogP contribution in [0.2, 0.25) is 0 Å². The van der Waals surface area contributed by atoms with Gasteiger partial charge in [0, 0.05) is 26.9 Å². The first-order valence-corrected chi connectivity index (χ1v) is 25.3. The van der Waals surface area contributed by atoms with E-state index in [1.54, 1.807) is 30.3 Å². The fourth-order valence-corrected chi connectivity index (χ4v) is 8.34. The van der Waals surface area contributed by atoms with Gasteiger partial charge in [0.15, 0.2) is 0 Å². The minimum atomic E-state index is -4.77. The SMILES string of the molecule is C1CCCC1.CC.CC(=O)NC(C(=O)N1CC[C@H](CC(C)O)C1C(=O)NC(CCC(F)(F)F)C(=O)C(=O)NCC(=O)NC(C(=O)N(C)N)c1ccccc1)C1CCCCC1.CCC.CCCCS. The lowest BCUT2D eigenvalue weighted by atomic mass is 9.83. The molecule has 0 aromatic heterocycles. The Morgan fingerprint density at radius 2 is 1.43 bits per heavy atom. The second kappa shape index (κ2) is 35.8. The highest BCUT2D eigenvalue weighted by Crippen LogP contribution is 2.33. The number of unbranched alkanes of at least 4 members (excludes halogenated alkanes) is 1. The molecule has 1 aromatic carbocycles. The number of rotatable bonds is 18. The van der Waals surface area contributed by atoms with Crippen molar-refractivity contribution in [2.24, 2.45) is 17.7 Å². The first-order chi connectivity index (χ1) is 32.2. The molecule has 0 bridgehead atoms. The standard InChI is InChI=1S/C35H50F3N7O8.C5H10.C4H10S.C3H8.C2H6/c1-20(46)18-24-15-17-45(34(53)28(41-21(2)47)23-12-8-5-9-13-23)29(24)31(50)42-25(14-16-35(36,37)38)30(49)32(51)40-19-26(48)43-27(33(52)44(3)39)22-10-6-4-7-11-22;1-2-4-5-3-1;1-2-3-4-5;1-3-2;1-2/h4,6-7,10-11,20,23-25,27-29,46H,5,8-9,12-19,39H2,1-3H3,(H,40,51)(H,41,47)(H,42,50)(H,43,48);1-5H2;5H,2-4H2,1H3;3H2,1-2H3;1-2H3/t20?,24-,25?,27?,28?,29?;;;;/m1..../s1. The monoisotopic (exact) mass is 988 g/mol. The number of nitrogens with two attached hydrogens (primary N) is 1. The second-order valence-corrected chi connectivity index (χ2v) is 17.8. The fourth-order valence-electron chi connectivity index (χ4n) is 8.02. The van der Waals surface area contributed by atoms with Gasteiger partial charge >= 0.3 is 6.18 Å². The molecule has 4 rings (SSSR count). The van der Waals surface area contributed by atoms with E-state index in [4.69, 9.17) is 5.84 Å². The van der Waals surface area contributed by atoms with Gasteiger partial charge in [-0.25, -0.2) is 5.84 Å². The molecule has 15 nitrogen and oxygen atoms in total. The van der Waals surface area contributed by atoms with Crippen molar-refractivity contribution in [2.75, 3.05) is 25.9 Å². The number of ketones is 1. The van der Waals surface area contributed by atoms with Crippen molar-refractivity contribution in [3.05, 3.63) is 35.9 Å². The van der Waals surface area contributed by atoms with Crippen LogP contribution in [0.15, 0.2) is 30.3 Å². The number of aliphatic hydroxyl groups is 1. The Morgan fingerprint density at radius 3 is 1.88 bits per heavy atom. The molecule has 2 aliphatic carbocycles. The van der Waals surface area contributed by atoms with E-state index >= 15 is 0 Å². The van der Waals surface area contributed by atoms with E-state index in [9.17, 15) is 51.8 Å². The molecule has 1 heterocycles. The average Bonchev–Trinajstić information content (AvgIpc) is 4.03. The zero-order valence-corrected chi connectivity index (χ0v) is 42.8. The topological polar surface area (TPSA) is 220 Å². The first-order valence-electron chi connectivity index (χ1n) is 24.6. The van der Waals surface area contributed by atoms with Crippen molar-refractivity contribution in [3.8, 4) is 0 Å². The van der Waals surface area contributed by atoms with E-state index in [2.05, 4.69) is 49.4 Å². The number of likely N-dealkylation sites (tertiary alicyclic amines) is 1. The molecule has 5 unspecified atom stereocenters. The Balaban J connectivity index is 0.00000258. The van der Waals surface area contributed by atoms with Crippen LogP contribution in [0, 0.1) is 11.8 Å². The predicted molar refractivity (Wildman–Crippen MR) is 263 cm³/mol. The quantitative estimate of drug-likeness (QED) is 0.0268. The molecule has 19 heteroatoms. The molecule has 6 atom stereocenters. The summed E-state index contributed by atoms with van der Waals surface area (Å²) in [5, 5.41) is 20.3. The summed E-state index contributed by atoms with van der Waals surface area (Å²) in [4.78, 5) is 93.0. The van der Waals surface area contributed by atoms with Crippen LogP contribution in [0.1, 0.15) is 169 Å². The summed E-state index contributed by atoms with van der Waals surface area (Å²) in [6.45, 7) is 12.3. The van der Waals surface area contributed by atoms with Gasteiger partial charge in [0.05, 0.1) is 18.7 Å². The molecule has 390 valence electrons. The fraction of sp³-hybridized carbons (Fsp3) is 0.735. The third-order valence-corrected chi connectivity index (χ3v) is 11.6. The van der Waals surface area contributed by atoms with Gasteiger partial charge < -0.3 is 31.3 Å². The van der Waals surface area contributed by atoms with Crippen molar-refractivity contribution < 1.29 is 51.8 Å². The summed E-state index contributed by atoms with van der Waals surface area (Å²) in [5.41, 5.74) is 0.357. The number of carbonyl (C=O) groups is 7. The number of nitrogens with one attached hydrogen (secondary N) is 4. The maximum absolute atomic E-state index is 14.0. The van der Waals surface area contributed by atoms with Crippen molar-refractivity contribution in [1.29, 1.82) is 0 Å². The lowest BCUT2D eigenvalue weighted by Crippen LogP contribution is -2.59. The van der Waals surface area contributed by atoms with Crippen molar-refractivity contribution >= 4 is 53.9 Å². The number of hydrogen-bond acceptors (Lipinski definition) is 10. The van der Waals surface area contributed by atoms with Gasteiger partial charge in [-0.2, -0.15) is 25.8 Å². The van der Waals surface area contributed by atoms with E-state index in [1.807, 2.05) is 19.2 Å². The van der Waals surface area contributed by atoms with Crippen molar-refractivity contribution in [2.45, 2.75) is 194 Å². The largest absolute Gasteiger partial charge is 0.393 e. The van der Waals surface area contributed by atoms with Crippen LogP contribution >= 0.6 is 12.6 Å². The summed E-state index contributed by atoms with van der Waals surface area (Å²) in [5.74, 6) is -0.886. The molecule has 7 N–H and O–H groups in total. The normalized spacial score (nSPS) is 18.3. The molecule has 0 spiro atoms. The molecule has 1 saturated heterocycles. The van der Waals surface area contributed by atoms with Gasteiger partial charge in [0.25, 0.3) is 11.8 Å². The Kier molecular flexibility index (Phi) is 33.6. The van der Waals surface area contributed by atoms with Crippen molar-refractivity contribution in [1.82, 2.24) is 31.2 Å². The number of Topliss-reactive ketones (excluding diaryl/α,β-unsaturated/α-hetero) is 1. The summed E-state index contributed by atoms with van der Waals surface area (Å²) < 4.78 is 40.1. The van der Waals surface area contributed by atoms with Crippen LogP contribution < -0.4 is 27.1 Å². The van der Waals surface area contributed by atoms with Crippen LogP contribution in [-0.2, 0) is 33.6 Å². The maximum atomic E-state index is 14.0.